The molecule has 0 amide bonds. The van der Waals surface area contributed by atoms with E-state index in [-0.39, 0.29) is 22.5 Å². The lowest BCUT2D eigenvalue weighted by atomic mass is 10.1. The third-order valence-electron chi connectivity index (χ3n) is 3.41. The first-order valence-corrected chi connectivity index (χ1v) is 7.40. The number of aromatic nitrogens is 1. The smallest absolute Gasteiger partial charge is 0.352 e. The molecule has 0 saturated carbocycles. The second kappa shape index (κ2) is 5.34. The lowest BCUT2D eigenvalue weighted by Gasteiger charge is -2.26. The first-order chi connectivity index (χ1) is 8.59. The molecule has 108 valence electrons. The molecule has 7 heteroatoms. The van der Waals surface area contributed by atoms with Crippen LogP contribution < -0.4 is 0 Å². The second-order valence-electron chi connectivity index (χ2n) is 4.98. The summed E-state index contributed by atoms with van der Waals surface area (Å²) in [5, 5.41) is 8.95. The van der Waals surface area contributed by atoms with E-state index < -0.39 is 16.0 Å². The third kappa shape index (κ3) is 2.98. The lowest BCUT2D eigenvalue weighted by molar-refractivity contribution is 0.0686. The van der Waals surface area contributed by atoms with Crippen LogP contribution in [0.1, 0.15) is 31.3 Å². The molecule has 1 N–H and O–H groups in total. The summed E-state index contributed by atoms with van der Waals surface area (Å²) in [6.45, 7) is 5.69. The van der Waals surface area contributed by atoms with Crippen LogP contribution in [0.4, 0.5) is 0 Å². The van der Waals surface area contributed by atoms with Crippen molar-refractivity contribution in [2.24, 2.45) is 13.0 Å². The van der Waals surface area contributed by atoms with Gasteiger partial charge in [-0.3, -0.25) is 0 Å². The van der Waals surface area contributed by atoms with Crippen molar-refractivity contribution in [3.8, 4) is 0 Å². The summed E-state index contributed by atoms with van der Waals surface area (Å²) < 4.78 is 27.3. The first kappa shape index (κ1) is 15.7. The van der Waals surface area contributed by atoms with Crippen LogP contribution in [0.25, 0.3) is 0 Å². The molecule has 0 aliphatic carbocycles. The average Bonchev–Trinajstić information content (AvgIpc) is 2.69. The number of carboxylic acids is 1. The standard InChI is InChI=1S/C12H20N2O4S/c1-8(2)9(3)14(5)19(17,18)10-6-11(12(15)16)13(4)7-10/h6-9H,1-5H3,(H,15,16). The minimum absolute atomic E-state index is 0.00222. The number of nitrogens with zero attached hydrogens (tertiary/aromatic N) is 2. The predicted molar refractivity (Wildman–Crippen MR) is 71.6 cm³/mol. The molecule has 1 rings (SSSR count). The SMILES string of the molecule is CC(C)C(C)N(C)S(=O)(=O)c1cc(C(=O)O)n(C)c1. The molecule has 0 aromatic carbocycles. The van der Waals surface area contributed by atoms with Crippen molar-refractivity contribution in [2.75, 3.05) is 7.05 Å². The number of hydrogen-bond acceptors (Lipinski definition) is 3. The Morgan fingerprint density at radius 2 is 1.89 bits per heavy atom. The van der Waals surface area contributed by atoms with Gasteiger partial charge in [-0.15, -0.1) is 0 Å². The van der Waals surface area contributed by atoms with E-state index in [1.54, 1.807) is 0 Å². The quantitative estimate of drug-likeness (QED) is 0.888. The highest BCUT2D eigenvalue weighted by atomic mass is 32.2. The maximum Gasteiger partial charge on any atom is 0.352 e. The van der Waals surface area contributed by atoms with Crippen LogP contribution in [0.3, 0.4) is 0 Å². The lowest BCUT2D eigenvalue weighted by Crippen LogP contribution is -2.38. The fourth-order valence-corrected chi connectivity index (χ4v) is 3.26. The van der Waals surface area contributed by atoms with Crippen molar-refractivity contribution in [2.45, 2.75) is 31.7 Å². The Hall–Kier alpha value is -1.34. The molecule has 1 heterocycles. The molecular weight excluding hydrogens is 268 g/mol. The van der Waals surface area contributed by atoms with Crippen LogP contribution >= 0.6 is 0 Å². The number of aryl methyl sites for hydroxylation is 1. The summed E-state index contributed by atoms with van der Waals surface area (Å²) in [4.78, 5) is 10.9. The topological polar surface area (TPSA) is 79.6 Å². The molecule has 0 spiro atoms. The molecule has 0 radical (unpaired) electrons. The number of rotatable bonds is 5. The Kier molecular flexibility index (Phi) is 4.42. The van der Waals surface area contributed by atoms with E-state index in [1.807, 2.05) is 20.8 Å². The molecule has 1 unspecified atom stereocenters. The van der Waals surface area contributed by atoms with E-state index in [2.05, 4.69) is 0 Å². The number of aromatic carboxylic acids is 1. The van der Waals surface area contributed by atoms with Crippen LogP contribution in [0, 0.1) is 5.92 Å². The Balaban J connectivity index is 3.21. The molecule has 6 nitrogen and oxygen atoms in total. The minimum Gasteiger partial charge on any atom is -0.477 e. The van der Waals surface area contributed by atoms with Crippen LogP contribution in [0.2, 0.25) is 0 Å². The normalized spacial score (nSPS) is 14.1. The van der Waals surface area contributed by atoms with Crippen molar-refractivity contribution in [3.63, 3.8) is 0 Å². The monoisotopic (exact) mass is 288 g/mol. The summed E-state index contributed by atoms with van der Waals surface area (Å²) in [6, 6.07) is 1.01. The van der Waals surface area contributed by atoms with E-state index >= 15 is 0 Å². The Morgan fingerprint density at radius 1 is 1.37 bits per heavy atom. The highest BCUT2D eigenvalue weighted by Crippen LogP contribution is 2.21. The number of carboxylic acid groups (broad SMARTS) is 1. The summed E-state index contributed by atoms with van der Waals surface area (Å²) in [7, 11) is -0.654. The molecule has 1 atom stereocenters. The fraction of sp³-hybridized carbons (Fsp3) is 0.583. The highest BCUT2D eigenvalue weighted by Gasteiger charge is 2.29. The molecule has 0 aliphatic heterocycles. The van der Waals surface area contributed by atoms with Gasteiger partial charge >= 0.3 is 5.97 Å². The van der Waals surface area contributed by atoms with Gasteiger partial charge in [0.05, 0.1) is 0 Å². The molecule has 1 aromatic rings. The average molecular weight is 288 g/mol. The van der Waals surface area contributed by atoms with E-state index in [0.29, 0.717) is 0 Å². The van der Waals surface area contributed by atoms with Crippen molar-refractivity contribution in [3.05, 3.63) is 18.0 Å². The number of sulfonamides is 1. The van der Waals surface area contributed by atoms with Crippen LogP contribution in [-0.2, 0) is 17.1 Å². The van der Waals surface area contributed by atoms with Crippen LogP contribution in [-0.4, -0.2) is 41.5 Å². The zero-order valence-electron chi connectivity index (χ0n) is 11.8. The van der Waals surface area contributed by atoms with Gasteiger partial charge in [0.2, 0.25) is 10.0 Å². The molecule has 0 saturated heterocycles. The molecule has 0 bridgehead atoms. The largest absolute Gasteiger partial charge is 0.477 e. The van der Waals surface area contributed by atoms with Crippen molar-refractivity contribution >= 4 is 16.0 Å². The van der Waals surface area contributed by atoms with Crippen molar-refractivity contribution in [1.29, 1.82) is 0 Å². The molecule has 19 heavy (non-hydrogen) atoms. The zero-order chi connectivity index (χ0) is 15.0. The van der Waals surface area contributed by atoms with Crippen LogP contribution in [0.5, 0.6) is 0 Å². The van der Waals surface area contributed by atoms with Gasteiger partial charge in [-0.05, 0) is 18.9 Å². The Morgan fingerprint density at radius 3 is 2.26 bits per heavy atom. The molecule has 1 aromatic heterocycles. The summed E-state index contributed by atoms with van der Waals surface area (Å²) in [5.41, 5.74) is -0.0517. The minimum atomic E-state index is -3.67. The number of hydrogen-bond donors (Lipinski definition) is 1. The second-order valence-corrected chi connectivity index (χ2v) is 6.98. The Labute approximate surface area is 113 Å². The maximum absolute atomic E-state index is 12.4. The van der Waals surface area contributed by atoms with Gasteiger partial charge in [0.25, 0.3) is 0 Å². The van der Waals surface area contributed by atoms with E-state index in [4.69, 9.17) is 5.11 Å². The van der Waals surface area contributed by atoms with Gasteiger partial charge in [0.15, 0.2) is 0 Å². The van der Waals surface area contributed by atoms with Crippen LogP contribution in [0.15, 0.2) is 17.2 Å². The fourth-order valence-electron chi connectivity index (χ4n) is 1.69. The van der Waals surface area contributed by atoms with E-state index in [1.165, 1.54) is 35.2 Å². The predicted octanol–water partition coefficient (Wildman–Crippen LogP) is 1.39. The summed E-state index contributed by atoms with van der Waals surface area (Å²) in [6.07, 6.45) is 1.32. The van der Waals surface area contributed by atoms with E-state index in [9.17, 15) is 13.2 Å². The van der Waals surface area contributed by atoms with Gasteiger partial charge in [0, 0.05) is 26.3 Å². The molecular formula is C12H20N2O4S. The zero-order valence-corrected chi connectivity index (χ0v) is 12.6. The summed E-state index contributed by atoms with van der Waals surface area (Å²) >= 11 is 0. The molecule has 0 aliphatic rings. The Bertz CT molecular complexity index is 575. The van der Waals surface area contributed by atoms with Crippen molar-refractivity contribution in [1.82, 2.24) is 8.87 Å². The van der Waals surface area contributed by atoms with Crippen molar-refractivity contribution < 1.29 is 18.3 Å². The highest BCUT2D eigenvalue weighted by molar-refractivity contribution is 7.89. The van der Waals surface area contributed by atoms with Gasteiger partial charge in [-0.2, -0.15) is 4.31 Å². The van der Waals surface area contributed by atoms with Gasteiger partial charge in [0.1, 0.15) is 10.6 Å². The summed E-state index contributed by atoms with van der Waals surface area (Å²) in [5.74, 6) is -0.981. The molecule has 0 fully saturated rings. The van der Waals surface area contributed by atoms with Gasteiger partial charge < -0.3 is 9.67 Å². The van der Waals surface area contributed by atoms with E-state index in [0.717, 1.165) is 0 Å². The van der Waals surface area contributed by atoms with Gasteiger partial charge in [-0.1, -0.05) is 13.8 Å². The first-order valence-electron chi connectivity index (χ1n) is 5.96. The number of carbonyl (C=O) groups is 1. The maximum atomic E-state index is 12.4. The van der Waals surface area contributed by atoms with Gasteiger partial charge in [-0.25, -0.2) is 13.2 Å². The third-order valence-corrected chi connectivity index (χ3v) is 5.32.